The van der Waals surface area contributed by atoms with Crippen molar-refractivity contribution in [1.29, 1.82) is 0 Å². The SMILES string of the molecule is CC12CC3CC(C)(C1)CC(NC(=O)OCOC(=O)c1ccccc1)(C3)C2. The maximum Gasteiger partial charge on any atom is 0.410 e. The van der Waals surface area contributed by atoms with E-state index in [0.29, 0.717) is 22.3 Å². The van der Waals surface area contributed by atoms with Gasteiger partial charge in [0.05, 0.1) is 5.56 Å². The number of alkyl carbamates (subject to hydrolysis) is 1. The lowest BCUT2D eigenvalue weighted by Gasteiger charge is -2.65. The second-order valence-corrected chi connectivity index (χ2v) is 9.38. The van der Waals surface area contributed by atoms with Gasteiger partial charge in [0.15, 0.2) is 0 Å². The average molecular weight is 357 g/mol. The van der Waals surface area contributed by atoms with Crippen molar-refractivity contribution in [3.8, 4) is 0 Å². The highest BCUT2D eigenvalue weighted by Gasteiger charge is 2.60. The van der Waals surface area contributed by atoms with Crippen LogP contribution in [0.15, 0.2) is 30.3 Å². The van der Waals surface area contributed by atoms with Crippen molar-refractivity contribution in [3.05, 3.63) is 35.9 Å². The second kappa shape index (κ2) is 6.00. The van der Waals surface area contributed by atoms with Gasteiger partial charge in [0.1, 0.15) is 0 Å². The van der Waals surface area contributed by atoms with Crippen molar-refractivity contribution in [2.75, 3.05) is 6.79 Å². The molecule has 1 N–H and O–H groups in total. The molecule has 4 saturated carbocycles. The second-order valence-electron chi connectivity index (χ2n) is 9.38. The van der Waals surface area contributed by atoms with Crippen LogP contribution in [0.3, 0.4) is 0 Å². The monoisotopic (exact) mass is 357 g/mol. The molecule has 140 valence electrons. The molecule has 0 saturated heterocycles. The zero-order valence-corrected chi connectivity index (χ0v) is 15.5. The summed E-state index contributed by atoms with van der Waals surface area (Å²) in [6, 6.07) is 8.68. The van der Waals surface area contributed by atoms with Crippen LogP contribution in [0.25, 0.3) is 0 Å². The van der Waals surface area contributed by atoms with Gasteiger partial charge in [-0.15, -0.1) is 0 Å². The highest BCUT2D eigenvalue weighted by Crippen LogP contribution is 2.66. The van der Waals surface area contributed by atoms with Crippen LogP contribution in [0, 0.1) is 16.7 Å². The number of benzene rings is 1. The molecule has 4 aliphatic carbocycles. The smallest absolute Gasteiger partial charge is 0.410 e. The molecule has 1 aromatic rings. The van der Waals surface area contributed by atoms with Gasteiger partial charge in [-0.3, -0.25) is 0 Å². The minimum absolute atomic E-state index is 0.163. The number of carbonyl (C=O) groups excluding carboxylic acids is 2. The van der Waals surface area contributed by atoms with E-state index in [0.717, 1.165) is 19.3 Å². The normalized spacial score (nSPS) is 37.2. The molecule has 0 heterocycles. The number of ether oxygens (including phenoxy) is 2. The van der Waals surface area contributed by atoms with E-state index < -0.39 is 12.1 Å². The zero-order chi connectivity index (χ0) is 18.4. The lowest BCUT2D eigenvalue weighted by Crippen LogP contribution is -2.65. The Morgan fingerprint density at radius 3 is 2.27 bits per heavy atom. The van der Waals surface area contributed by atoms with Gasteiger partial charge in [-0.2, -0.15) is 0 Å². The third-order valence-corrected chi connectivity index (χ3v) is 6.38. The number of hydrogen-bond donors (Lipinski definition) is 1. The van der Waals surface area contributed by atoms with Crippen LogP contribution in [0.5, 0.6) is 0 Å². The molecule has 4 fully saturated rings. The molecule has 4 bridgehead atoms. The Kier molecular flexibility index (Phi) is 4.01. The maximum atomic E-state index is 12.3. The summed E-state index contributed by atoms with van der Waals surface area (Å²) in [7, 11) is 0. The van der Waals surface area contributed by atoms with Crippen LogP contribution in [-0.2, 0) is 9.47 Å². The van der Waals surface area contributed by atoms with Crippen LogP contribution in [0.1, 0.15) is 62.7 Å². The zero-order valence-electron chi connectivity index (χ0n) is 15.5. The third-order valence-electron chi connectivity index (χ3n) is 6.38. The summed E-state index contributed by atoms with van der Waals surface area (Å²) >= 11 is 0. The first-order valence-corrected chi connectivity index (χ1v) is 9.46. The molecule has 1 aromatic carbocycles. The summed E-state index contributed by atoms with van der Waals surface area (Å²) < 4.78 is 10.2. The van der Waals surface area contributed by atoms with E-state index in [1.54, 1.807) is 24.3 Å². The quantitative estimate of drug-likeness (QED) is 0.645. The van der Waals surface area contributed by atoms with E-state index in [9.17, 15) is 9.59 Å². The first kappa shape index (κ1) is 17.4. The first-order chi connectivity index (χ1) is 12.3. The van der Waals surface area contributed by atoms with Gasteiger partial charge in [0, 0.05) is 5.54 Å². The van der Waals surface area contributed by atoms with E-state index in [1.807, 2.05) is 6.07 Å². The van der Waals surface area contributed by atoms with Gasteiger partial charge in [0.25, 0.3) is 0 Å². The van der Waals surface area contributed by atoms with Crippen molar-refractivity contribution in [1.82, 2.24) is 5.32 Å². The summed E-state index contributed by atoms with van der Waals surface area (Å²) in [4.78, 5) is 24.2. The van der Waals surface area contributed by atoms with Gasteiger partial charge in [-0.1, -0.05) is 32.0 Å². The van der Waals surface area contributed by atoms with E-state index in [-0.39, 0.29) is 12.3 Å². The van der Waals surface area contributed by atoms with Crippen molar-refractivity contribution in [3.63, 3.8) is 0 Å². The summed E-state index contributed by atoms with van der Waals surface area (Å²) in [5, 5.41) is 3.14. The van der Waals surface area contributed by atoms with Crippen LogP contribution in [0.4, 0.5) is 4.79 Å². The summed E-state index contributed by atoms with van der Waals surface area (Å²) in [5.74, 6) is 0.200. The Labute approximate surface area is 154 Å². The summed E-state index contributed by atoms with van der Waals surface area (Å²) in [5.41, 5.74) is 0.921. The van der Waals surface area contributed by atoms with Crippen LogP contribution >= 0.6 is 0 Å². The van der Waals surface area contributed by atoms with Crippen LogP contribution < -0.4 is 5.32 Å². The van der Waals surface area contributed by atoms with Gasteiger partial charge in [-0.25, -0.2) is 9.59 Å². The molecule has 5 rings (SSSR count). The number of hydrogen-bond acceptors (Lipinski definition) is 4. The Morgan fingerprint density at radius 2 is 1.65 bits per heavy atom. The van der Waals surface area contributed by atoms with Crippen LogP contribution in [0.2, 0.25) is 0 Å². The maximum absolute atomic E-state index is 12.3. The number of amides is 1. The molecule has 4 aliphatic rings. The van der Waals surface area contributed by atoms with E-state index in [2.05, 4.69) is 19.2 Å². The summed E-state index contributed by atoms with van der Waals surface area (Å²) in [6.45, 7) is 4.35. The summed E-state index contributed by atoms with van der Waals surface area (Å²) in [6.07, 6.45) is 6.39. The van der Waals surface area contributed by atoms with Crippen molar-refractivity contribution in [2.24, 2.45) is 16.7 Å². The fraction of sp³-hybridized carbons (Fsp3) is 0.619. The van der Waals surface area contributed by atoms with Crippen LogP contribution in [-0.4, -0.2) is 24.4 Å². The van der Waals surface area contributed by atoms with Gasteiger partial charge >= 0.3 is 12.1 Å². The van der Waals surface area contributed by atoms with E-state index >= 15 is 0 Å². The molecule has 2 atom stereocenters. The molecule has 5 heteroatoms. The molecular weight excluding hydrogens is 330 g/mol. The number of rotatable bonds is 4. The number of nitrogens with one attached hydrogen (secondary N) is 1. The first-order valence-electron chi connectivity index (χ1n) is 9.46. The molecule has 2 unspecified atom stereocenters. The predicted molar refractivity (Wildman–Crippen MR) is 96.5 cm³/mol. The van der Waals surface area contributed by atoms with E-state index in [4.69, 9.17) is 9.47 Å². The Hall–Kier alpha value is -2.04. The largest absolute Gasteiger partial charge is 0.424 e. The minimum Gasteiger partial charge on any atom is -0.424 e. The number of carbonyl (C=O) groups is 2. The van der Waals surface area contributed by atoms with Gasteiger partial charge in [0.2, 0.25) is 6.79 Å². The Bertz CT molecular complexity index is 698. The topological polar surface area (TPSA) is 64.6 Å². The molecule has 0 radical (unpaired) electrons. The number of esters is 1. The lowest BCUT2D eigenvalue weighted by atomic mass is 9.43. The van der Waals surface area contributed by atoms with Crippen molar-refractivity contribution < 1.29 is 19.1 Å². The molecule has 0 aromatic heterocycles. The fourth-order valence-electron chi connectivity index (χ4n) is 6.63. The average Bonchev–Trinajstić information content (AvgIpc) is 2.51. The Morgan fingerprint density at radius 1 is 1.00 bits per heavy atom. The van der Waals surface area contributed by atoms with Crippen molar-refractivity contribution >= 4 is 12.1 Å². The predicted octanol–water partition coefficient (Wildman–Crippen LogP) is 4.28. The molecule has 0 spiro atoms. The highest BCUT2D eigenvalue weighted by molar-refractivity contribution is 5.89. The molecule has 5 nitrogen and oxygen atoms in total. The molecule has 0 aliphatic heterocycles. The molecular formula is C21H27NO4. The molecule has 1 amide bonds. The highest BCUT2D eigenvalue weighted by atomic mass is 16.7. The Balaban J connectivity index is 1.32. The van der Waals surface area contributed by atoms with Gasteiger partial charge in [-0.05, 0) is 67.4 Å². The molecule has 26 heavy (non-hydrogen) atoms. The third kappa shape index (κ3) is 3.31. The lowest BCUT2D eigenvalue weighted by molar-refractivity contribution is -0.116. The minimum atomic E-state index is -0.492. The van der Waals surface area contributed by atoms with Gasteiger partial charge < -0.3 is 14.8 Å². The van der Waals surface area contributed by atoms with Crippen molar-refractivity contribution in [2.45, 2.75) is 57.9 Å². The van der Waals surface area contributed by atoms with E-state index in [1.165, 1.54) is 19.3 Å². The standard InChI is InChI=1S/C21H27NO4/c1-19-8-15-9-20(2,11-19)13-21(10-15,12-19)22-18(24)26-14-25-17(23)16-6-4-3-5-7-16/h3-7,15H,8-14H2,1-2H3,(H,22,24). The fourth-order valence-corrected chi connectivity index (χ4v) is 6.63.